The molecule has 25 heavy (non-hydrogen) atoms. The molecule has 0 saturated heterocycles. The van der Waals surface area contributed by atoms with E-state index in [1.807, 2.05) is 18.2 Å². The lowest BCUT2D eigenvalue weighted by atomic mass is 10.2. The van der Waals surface area contributed by atoms with E-state index < -0.39 is 5.97 Å². The molecule has 0 amide bonds. The summed E-state index contributed by atoms with van der Waals surface area (Å²) in [7, 11) is 0. The van der Waals surface area contributed by atoms with Gasteiger partial charge in [0, 0.05) is 6.08 Å². The summed E-state index contributed by atoms with van der Waals surface area (Å²) in [5, 5.41) is 8.77. The number of carboxylic acids is 1. The highest BCUT2D eigenvalue weighted by molar-refractivity contribution is 5.85. The number of unbranched alkanes of at least 4 members (excludes halogenated alkanes) is 6. The van der Waals surface area contributed by atoms with Crippen LogP contribution in [0.4, 0.5) is 0 Å². The third-order valence-electron chi connectivity index (χ3n) is 3.90. The van der Waals surface area contributed by atoms with Crippen molar-refractivity contribution in [2.45, 2.75) is 65.2 Å². The van der Waals surface area contributed by atoms with Crippen LogP contribution in [0.2, 0.25) is 0 Å². The molecule has 0 aromatic heterocycles. The molecule has 1 aromatic carbocycles. The van der Waals surface area contributed by atoms with Gasteiger partial charge in [0.1, 0.15) is 0 Å². The molecule has 0 bridgehead atoms. The fourth-order valence-corrected chi connectivity index (χ4v) is 2.45. The van der Waals surface area contributed by atoms with Crippen molar-refractivity contribution in [1.82, 2.24) is 0 Å². The number of benzene rings is 1. The molecule has 0 atom stereocenters. The molecule has 0 aliphatic carbocycles. The summed E-state index contributed by atoms with van der Waals surface area (Å²) in [5.41, 5.74) is 0.796. The van der Waals surface area contributed by atoms with Crippen molar-refractivity contribution in [2.75, 3.05) is 13.2 Å². The first-order valence-electron chi connectivity index (χ1n) is 9.48. The fraction of sp³-hybridized carbons (Fsp3) is 0.571. The first-order chi connectivity index (χ1) is 12.2. The van der Waals surface area contributed by atoms with Gasteiger partial charge >= 0.3 is 5.97 Å². The van der Waals surface area contributed by atoms with Crippen molar-refractivity contribution in [3.63, 3.8) is 0 Å². The Kier molecular flexibility index (Phi) is 11.2. The smallest absolute Gasteiger partial charge is 0.328 e. The van der Waals surface area contributed by atoms with Crippen LogP contribution in [0, 0.1) is 0 Å². The Hall–Kier alpha value is -1.97. The van der Waals surface area contributed by atoms with Gasteiger partial charge in [-0.05, 0) is 36.6 Å². The van der Waals surface area contributed by atoms with E-state index in [9.17, 15) is 4.79 Å². The minimum atomic E-state index is -0.960. The second kappa shape index (κ2) is 13.3. The quantitative estimate of drug-likeness (QED) is 0.346. The Balaban J connectivity index is 2.66. The van der Waals surface area contributed by atoms with Gasteiger partial charge in [0.05, 0.1) is 13.2 Å². The van der Waals surface area contributed by atoms with Crippen LogP contribution in [0.25, 0.3) is 6.08 Å². The number of rotatable bonds is 14. The molecule has 4 heteroatoms. The van der Waals surface area contributed by atoms with E-state index in [0.29, 0.717) is 19.0 Å². The minimum absolute atomic E-state index is 0.651. The molecular formula is C21H32O4. The van der Waals surface area contributed by atoms with Crippen LogP contribution in [0.15, 0.2) is 24.3 Å². The molecule has 0 fully saturated rings. The molecule has 0 saturated carbocycles. The van der Waals surface area contributed by atoms with E-state index in [1.54, 1.807) is 6.08 Å². The zero-order chi connectivity index (χ0) is 18.3. The second-order valence-corrected chi connectivity index (χ2v) is 6.20. The van der Waals surface area contributed by atoms with Crippen LogP contribution in [0.3, 0.4) is 0 Å². The van der Waals surface area contributed by atoms with Crippen molar-refractivity contribution < 1.29 is 19.4 Å². The Bertz CT molecular complexity index is 523. The lowest BCUT2D eigenvalue weighted by Gasteiger charge is -2.13. The maximum atomic E-state index is 10.7. The largest absolute Gasteiger partial charge is 0.490 e. The maximum absolute atomic E-state index is 10.7. The van der Waals surface area contributed by atoms with Crippen molar-refractivity contribution in [3.05, 3.63) is 29.8 Å². The molecule has 1 N–H and O–H groups in total. The molecule has 0 radical (unpaired) electrons. The van der Waals surface area contributed by atoms with E-state index in [1.165, 1.54) is 32.1 Å². The Morgan fingerprint density at radius 3 is 2.08 bits per heavy atom. The Labute approximate surface area is 151 Å². The van der Waals surface area contributed by atoms with Gasteiger partial charge in [0.15, 0.2) is 11.5 Å². The summed E-state index contributed by atoms with van der Waals surface area (Å²) in [5.74, 6) is 0.470. The lowest BCUT2D eigenvalue weighted by molar-refractivity contribution is -0.131. The van der Waals surface area contributed by atoms with Gasteiger partial charge in [0.25, 0.3) is 0 Å². The number of hydrogen-bond acceptors (Lipinski definition) is 3. The zero-order valence-electron chi connectivity index (χ0n) is 15.6. The minimum Gasteiger partial charge on any atom is -0.490 e. The van der Waals surface area contributed by atoms with Gasteiger partial charge in [-0.25, -0.2) is 4.79 Å². The summed E-state index contributed by atoms with van der Waals surface area (Å²) in [6.07, 6.45) is 11.9. The van der Waals surface area contributed by atoms with E-state index >= 15 is 0 Å². The molecule has 1 aromatic rings. The first-order valence-corrected chi connectivity index (χ1v) is 9.48. The van der Waals surface area contributed by atoms with Gasteiger partial charge in [0.2, 0.25) is 0 Å². The lowest BCUT2D eigenvalue weighted by Crippen LogP contribution is -2.03. The van der Waals surface area contributed by atoms with Crippen LogP contribution < -0.4 is 9.47 Å². The van der Waals surface area contributed by atoms with Crippen LogP contribution in [0.5, 0.6) is 11.5 Å². The van der Waals surface area contributed by atoms with E-state index in [4.69, 9.17) is 14.6 Å². The zero-order valence-corrected chi connectivity index (χ0v) is 15.6. The average Bonchev–Trinajstić information content (AvgIpc) is 2.60. The predicted octanol–water partition coefficient (Wildman–Crippen LogP) is 5.70. The van der Waals surface area contributed by atoms with Gasteiger partial charge in [-0.15, -0.1) is 0 Å². The monoisotopic (exact) mass is 348 g/mol. The van der Waals surface area contributed by atoms with Gasteiger partial charge in [-0.3, -0.25) is 0 Å². The Morgan fingerprint density at radius 1 is 0.920 bits per heavy atom. The second-order valence-electron chi connectivity index (χ2n) is 6.20. The summed E-state index contributed by atoms with van der Waals surface area (Å²) in [6, 6.07) is 5.56. The number of carbonyl (C=O) groups is 1. The predicted molar refractivity (Wildman–Crippen MR) is 102 cm³/mol. The van der Waals surface area contributed by atoms with Crippen molar-refractivity contribution in [1.29, 1.82) is 0 Å². The molecule has 0 heterocycles. The third-order valence-corrected chi connectivity index (χ3v) is 3.90. The third kappa shape index (κ3) is 9.80. The molecule has 0 aliphatic heterocycles. The normalized spacial score (nSPS) is 11.0. The molecule has 140 valence electrons. The van der Waals surface area contributed by atoms with Crippen molar-refractivity contribution in [2.24, 2.45) is 0 Å². The number of hydrogen-bond donors (Lipinski definition) is 1. The number of ether oxygens (including phenoxy) is 2. The summed E-state index contributed by atoms with van der Waals surface area (Å²) in [6.45, 7) is 5.70. The highest BCUT2D eigenvalue weighted by atomic mass is 16.5. The SMILES string of the molecule is CCCCCCOc1ccc(C=CC(=O)O)cc1OCCCCCC. The maximum Gasteiger partial charge on any atom is 0.328 e. The van der Waals surface area contributed by atoms with Gasteiger partial charge in [-0.2, -0.15) is 0 Å². The summed E-state index contributed by atoms with van der Waals surface area (Å²) in [4.78, 5) is 10.7. The van der Waals surface area contributed by atoms with Crippen molar-refractivity contribution >= 4 is 12.0 Å². The summed E-state index contributed by atoms with van der Waals surface area (Å²) < 4.78 is 11.8. The standard InChI is InChI=1S/C21H32O4/c1-3-5-7-9-15-24-19-13-11-18(12-14-21(22)23)17-20(19)25-16-10-8-6-4-2/h11-14,17H,3-10,15-16H2,1-2H3,(H,22,23). The topological polar surface area (TPSA) is 55.8 Å². The molecule has 1 rings (SSSR count). The van der Waals surface area contributed by atoms with Crippen LogP contribution in [-0.4, -0.2) is 24.3 Å². The van der Waals surface area contributed by atoms with E-state index in [-0.39, 0.29) is 0 Å². The summed E-state index contributed by atoms with van der Waals surface area (Å²) >= 11 is 0. The fourth-order valence-electron chi connectivity index (χ4n) is 2.45. The molecule has 0 spiro atoms. The molecular weight excluding hydrogens is 316 g/mol. The van der Waals surface area contributed by atoms with Crippen LogP contribution >= 0.6 is 0 Å². The molecule has 0 aliphatic rings. The highest BCUT2D eigenvalue weighted by Gasteiger charge is 2.07. The highest BCUT2D eigenvalue weighted by Crippen LogP contribution is 2.29. The van der Waals surface area contributed by atoms with Crippen LogP contribution in [-0.2, 0) is 4.79 Å². The molecule has 4 nitrogen and oxygen atoms in total. The number of carboxylic acid groups (broad SMARTS) is 1. The van der Waals surface area contributed by atoms with Crippen molar-refractivity contribution in [3.8, 4) is 11.5 Å². The first kappa shape index (κ1) is 21.1. The van der Waals surface area contributed by atoms with Crippen LogP contribution in [0.1, 0.15) is 70.8 Å². The van der Waals surface area contributed by atoms with Gasteiger partial charge < -0.3 is 14.6 Å². The average molecular weight is 348 g/mol. The number of aliphatic carboxylic acids is 1. The van der Waals surface area contributed by atoms with E-state index in [0.717, 1.165) is 36.7 Å². The van der Waals surface area contributed by atoms with Gasteiger partial charge in [-0.1, -0.05) is 58.4 Å². The van der Waals surface area contributed by atoms with E-state index in [2.05, 4.69) is 13.8 Å². The molecule has 0 unspecified atom stereocenters. The Morgan fingerprint density at radius 2 is 1.52 bits per heavy atom.